The molecule has 0 spiro atoms. The smallest absolute Gasteiger partial charge is 0.322 e. The lowest BCUT2D eigenvalue weighted by molar-refractivity contribution is 0.115. The number of likely N-dealkylation sites (tertiary alicyclic amines) is 1. The van der Waals surface area contributed by atoms with Crippen LogP contribution in [0.4, 0.5) is 11.5 Å². The first-order chi connectivity index (χ1) is 15.6. The molecule has 0 radical (unpaired) electrons. The Morgan fingerprint density at radius 1 is 1.19 bits per heavy atom. The van der Waals surface area contributed by atoms with Gasteiger partial charge >= 0.3 is 5.75 Å². The van der Waals surface area contributed by atoms with Crippen molar-refractivity contribution < 1.29 is 18.9 Å². The van der Waals surface area contributed by atoms with Gasteiger partial charge in [0.05, 0.1) is 23.2 Å². The molecule has 1 N–H and O–H groups in total. The maximum atomic E-state index is 6.49. The minimum absolute atomic E-state index is 0.119. The lowest BCUT2D eigenvalue weighted by Gasteiger charge is -2.30. The van der Waals surface area contributed by atoms with Crippen molar-refractivity contribution in [1.29, 1.82) is 0 Å². The number of alkyl halides is 1. The van der Waals surface area contributed by atoms with Gasteiger partial charge in [-0.3, -0.25) is 0 Å². The Hall–Kier alpha value is -2.97. The number of aromatic nitrogens is 2. The summed E-state index contributed by atoms with van der Waals surface area (Å²) in [6, 6.07) is 9.38. The van der Waals surface area contributed by atoms with Gasteiger partial charge in [0, 0.05) is 25.2 Å². The minimum Gasteiger partial charge on any atom is -0.494 e. The number of benzene rings is 2. The highest BCUT2D eigenvalue weighted by Gasteiger charge is 2.26. The zero-order chi connectivity index (χ0) is 22.1. The van der Waals surface area contributed by atoms with Crippen molar-refractivity contribution >= 4 is 34.0 Å². The Kier molecular flexibility index (Phi) is 5.80. The molecule has 8 nitrogen and oxygen atoms in total. The van der Waals surface area contributed by atoms with Crippen molar-refractivity contribution in [1.82, 2.24) is 14.9 Å². The average Bonchev–Trinajstić information content (AvgIpc) is 3.17. The second-order valence-electron chi connectivity index (χ2n) is 7.86. The third kappa shape index (κ3) is 4.20. The number of halogens is 1. The van der Waals surface area contributed by atoms with Crippen molar-refractivity contribution in [2.75, 3.05) is 32.1 Å². The normalized spacial score (nSPS) is 18.7. The third-order valence-electron chi connectivity index (χ3n) is 5.61. The van der Waals surface area contributed by atoms with Crippen LogP contribution in [0, 0.1) is 0 Å². The second kappa shape index (κ2) is 8.88. The fourth-order valence-corrected chi connectivity index (χ4v) is 4.21. The summed E-state index contributed by atoms with van der Waals surface area (Å²) in [5.74, 6) is 2.29. The largest absolute Gasteiger partial charge is 0.494 e. The first-order valence-corrected chi connectivity index (χ1v) is 11.2. The van der Waals surface area contributed by atoms with Crippen LogP contribution in [-0.4, -0.2) is 53.5 Å². The number of nitrogens with zero attached hydrogens (tertiary/aromatic N) is 3. The topological polar surface area (TPSA) is 78.0 Å². The molecule has 1 saturated heterocycles. The zero-order valence-corrected chi connectivity index (χ0v) is 18.8. The maximum Gasteiger partial charge on any atom is 0.322 e. The summed E-state index contributed by atoms with van der Waals surface area (Å²) >= 11 is 6.00. The van der Waals surface area contributed by atoms with E-state index < -0.39 is 5.75 Å². The number of piperidine rings is 1. The van der Waals surface area contributed by atoms with Crippen molar-refractivity contribution in [3.05, 3.63) is 36.7 Å². The van der Waals surface area contributed by atoms with Crippen molar-refractivity contribution in [3.8, 4) is 23.0 Å². The molecular weight excluding hydrogens is 432 g/mol. The van der Waals surface area contributed by atoms with E-state index in [1.54, 1.807) is 0 Å². The molecular formula is C23H25ClN4O4. The van der Waals surface area contributed by atoms with Gasteiger partial charge in [-0.25, -0.2) is 9.97 Å². The van der Waals surface area contributed by atoms with Gasteiger partial charge in [0.15, 0.2) is 11.5 Å². The summed E-state index contributed by atoms with van der Waals surface area (Å²) in [6.07, 6.45) is 3.56. The lowest BCUT2D eigenvalue weighted by Crippen LogP contribution is -2.35. The minimum atomic E-state index is -0.854. The SMILES string of the molecule is CCOc1cc(OC2CCN(C)CC2)c2c(Nc3cccc4c3OC(Cl)O4)ncnc2c1. The predicted octanol–water partition coefficient (Wildman–Crippen LogP) is 4.54. The number of hydrogen-bond acceptors (Lipinski definition) is 8. The Labute approximate surface area is 191 Å². The van der Waals surface area contributed by atoms with Gasteiger partial charge in [-0.2, -0.15) is 0 Å². The summed E-state index contributed by atoms with van der Waals surface area (Å²) in [7, 11) is 2.13. The summed E-state index contributed by atoms with van der Waals surface area (Å²) in [6.45, 7) is 4.52. The van der Waals surface area contributed by atoms with Crippen LogP contribution in [-0.2, 0) is 0 Å². The van der Waals surface area contributed by atoms with E-state index in [4.69, 9.17) is 30.5 Å². The van der Waals surface area contributed by atoms with Gasteiger partial charge in [-0.15, -0.1) is 0 Å². The fraction of sp³-hybridized carbons (Fsp3) is 0.391. The molecule has 0 aliphatic carbocycles. The van der Waals surface area contributed by atoms with Crippen LogP contribution in [0.5, 0.6) is 23.0 Å². The van der Waals surface area contributed by atoms with Crippen LogP contribution in [0.2, 0.25) is 0 Å². The number of nitrogens with one attached hydrogen (secondary N) is 1. The maximum absolute atomic E-state index is 6.49. The van der Waals surface area contributed by atoms with Crippen molar-refractivity contribution in [3.63, 3.8) is 0 Å². The highest BCUT2D eigenvalue weighted by atomic mass is 35.5. The first kappa shape index (κ1) is 20.9. The van der Waals surface area contributed by atoms with Gasteiger partial charge in [-0.05, 0) is 50.5 Å². The molecule has 0 saturated carbocycles. The first-order valence-electron chi connectivity index (χ1n) is 10.7. The Bertz CT molecular complexity index is 1120. The van der Waals surface area contributed by atoms with Gasteiger partial charge < -0.3 is 29.2 Å². The molecule has 1 atom stereocenters. The van der Waals surface area contributed by atoms with Gasteiger partial charge in [0.2, 0.25) is 0 Å². The van der Waals surface area contributed by atoms with Gasteiger partial charge in [0.1, 0.15) is 29.7 Å². The number of ether oxygens (including phenoxy) is 4. The van der Waals surface area contributed by atoms with Crippen molar-refractivity contribution in [2.45, 2.75) is 31.6 Å². The Balaban J connectivity index is 1.54. The number of anilines is 2. The average molecular weight is 457 g/mol. The molecule has 2 aliphatic rings. The van der Waals surface area contributed by atoms with Crippen molar-refractivity contribution in [2.24, 2.45) is 0 Å². The number of fused-ring (bicyclic) bond motifs is 2. The molecule has 2 aromatic carbocycles. The Morgan fingerprint density at radius 3 is 2.84 bits per heavy atom. The molecule has 2 aliphatic heterocycles. The molecule has 1 aromatic heterocycles. The predicted molar refractivity (Wildman–Crippen MR) is 122 cm³/mol. The summed E-state index contributed by atoms with van der Waals surface area (Å²) in [5, 5.41) is 4.15. The number of hydrogen-bond donors (Lipinski definition) is 1. The van der Waals surface area contributed by atoms with Gasteiger partial charge in [0.25, 0.3) is 0 Å². The van der Waals surface area contributed by atoms with Gasteiger partial charge in [-0.1, -0.05) is 6.07 Å². The van der Waals surface area contributed by atoms with E-state index in [1.165, 1.54) is 6.33 Å². The van der Waals surface area contributed by atoms with Crippen LogP contribution in [0.25, 0.3) is 10.9 Å². The number of rotatable bonds is 6. The highest BCUT2D eigenvalue weighted by Crippen LogP contribution is 2.44. The second-order valence-corrected chi connectivity index (χ2v) is 8.22. The van der Waals surface area contributed by atoms with E-state index in [-0.39, 0.29) is 6.10 Å². The molecule has 1 unspecified atom stereocenters. The molecule has 0 bridgehead atoms. The quantitative estimate of drug-likeness (QED) is 0.542. The molecule has 5 rings (SSSR count). The third-order valence-corrected chi connectivity index (χ3v) is 5.79. The fourth-order valence-electron chi connectivity index (χ4n) is 4.02. The lowest BCUT2D eigenvalue weighted by atomic mass is 10.1. The Morgan fingerprint density at radius 2 is 2.03 bits per heavy atom. The zero-order valence-electron chi connectivity index (χ0n) is 18.0. The molecule has 1 fully saturated rings. The highest BCUT2D eigenvalue weighted by molar-refractivity contribution is 6.19. The van der Waals surface area contributed by atoms with Crippen LogP contribution >= 0.6 is 11.6 Å². The van der Waals surface area contributed by atoms with E-state index >= 15 is 0 Å². The van der Waals surface area contributed by atoms with Crippen LogP contribution < -0.4 is 24.3 Å². The van der Waals surface area contributed by atoms with E-state index in [1.807, 2.05) is 37.3 Å². The van der Waals surface area contributed by atoms with Crippen LogP contribution in [0.3, 0.4) is 0 Å². The molecule has 32 heavy (non-hydrogen) atoms. The molecule has 3 aromatic rings. The summed E-state index contributed by atoms with van der Waals surface area (Å²) < 4.78 is 23.3. The van der Waals surface area contributed by atoms with E-state index in [2.05, 4.69) is 27.2 Å². The molecule has 0 amide bonds. The molecule has 168 valence electrons. The monoisotopic (exact) mass is 456 g/mol. The standard InChI is InChI=1S/C23H25ClN4O4/c1-3-29-15-11-17-20(19(12-15)30-14-7-9-28(2)10-8-14)22(26-13-25-17)27-16-5-4-6-18-21(16)32-23(24)31-18/h4-6,11-14,23H,3,7-10H2,1-2H3,(H,25,26,27). The van der Waals surface area contributed by atoms with Crippen LogP contribution in [0.15, 0.2) is 36.7 Å². The van der Waals surface area contributed by atoms with Crippen LogP contribution in [0.1, 0.15) is 19.8 Å². The summed E-state index contributed by atoms with van der Waals surface area (Å²) in [5.41, 5.74) is 1.43. The van der Waals surface area contributed by atoms with E-state index in [9.17, 15) is 0 Å². The van der Waals surface area contributed by atoms with E-state index in [0.29, 0.717) is 35.4 Å². The van der Waals surface area contributed by atoms with E-state index in [0.717, 1.165) is 42.6 Å². The number of para-hydroxylation sites is 1. The summed E-state index contributed by atoms with van der Waals surface area (Å²) in [4.78, 5) is 11.3. The molecule has 3 heterocycles. The molecule has 9 heteroatoms.